The summed E-state index contributed by atoms with van der Waals surface area (Å²) in [5.41, 5.74) is 2.68. The summed E-state index contributed by atoms with van der Waals surface area (Å²) < 4.78 is 4.56. The summed E-state index contributed by atoms with van der Waals surface area (Å²) in [6.07, 6.45) is 1.18. The molecule has 0 radical (unpaired) electrons. The molecule has 0 saturated heterocycles. The van der Waals surface area contributed by atoms with E-state index in [1.54, 1.807) is 12.1 Å². The highest BCUT2D eigenvalue weighted by Gasteiger charge is 2.19. The number of nitrogens with one attached hydrogen (secondary N) is 2. The molecule has 1 aromatic carbocycles. The molecule has 0 aliphatic rings. The minimum Gasteiger partial charge on any atom is -0.372 e. The highest BCUT2D eigenvalue weighted by molar-refractivity contribution is 5.75. The first-order valence-electron chi connectivity index (χ1n) is 4.95. The molecule has 0 bridgehead atoms. The van der Waals surface area contributed by atoms with Crippen molar-refractivity contribution in [2.45, 2.75) is 6.54 Å². The summed E-state index contributed by atoms with van der Waals surface area (Å²) >= 11 is 0. The Balaban J connectivity index is 2.24. The minimum atomic E-state index is -0.520. The molecule has 1 heterocycles. The van der Waals surface area contributed by atoms with Crippen LogP contribution < -0.4 is 16.6 Å². The van der Waals surface area contributed by atoms with Gasteiger partial charge in [0.05, 0.1) is 11.5 Å². The monoisotopic (exact) mass is 250 g/mol. The second-order valence-corrected chi connectivity index (χ2v) is 3.30. The van der Waals surface area contributed by atoms with Crippen molar-refractivity contribution in [2.24, 2.45) is 5.84 Å². The highest BCUT2D eigenvalue weighted by Crippen LogP contribution is 2.32. The van der Waals surface area contributed by atoms with Crippen molar-refractivity contribution >= 4 is 17.1 Å². The zero-order chi connectivity index (χ0) is 13.0. The van der Waals surface area contributed by atoms with Crippen molar-refractivity contribution in [2.75, 3.05) is 10.7 Å². The molecular weight excluding hydrogens is 240 g/mol. The normalized spacial score (nSPS) is 10.1. The van der Waals surface area contributed by atoms with Gasteiger partial charge in [-0.3, -0.25) is 16.0 Å². The summed E-state index contributed by atoms with van der Waals surface area (Å²) in [5, 5.41) is 17.4. The molecule has 9 nitrogen and oxygen atoms in total. The molecule has 0 aliphatic carbocycles. The zero-order valence-electron chi connectivity index (χ0n) is 9.16. The van der Waals surface area contributed by atoms with E-state index in [1.807, 2.05) is 0 Å². The van der Waals surface area contributed by atoms with Crippen molar-refractivity contribution in [1.82, 2.24) is 10.1 Å². The van der Waals surface area contributed by atoms with Gasteiger partial charge in [-0.25, -0.2) is 0 Å². The zero-order valence-corrected chi connectivity index (χ0v) is 9.16. The van der Waals surface area contributed by atoms with Crippen LogP contribution in [-0.4, -0.2) is 15.1 Å². The van der Waals surface area contributed by atoms with Crippen LogP contribution in [0.3, 0.4) is 0 Å². The third-order valence-electron chi connectivity index (χ3n) is 2.22. The Hall–Kier alpha value is -2.68. The summed E-state index contributed by atoms with van der Waals surface area (Å²) in [6.45, 7) is 0.214. The molecular formula is C9H10N6O3. The first-order valence-corrected chi connectivity index (χ1v) is 4.95. The SMILES string of the molecule is NNc1cccc(NCc2ncon2)c1[N+](=O)[O-]. The maximum Gasteiger partial charge on any atom is 0.316 e. The average Bonchev–Trinajstić information content (AvgIpc) is 2.88. The van der Waals surface area contributed by atoms with Gasteiger partial charge >= 0.3 is 5.69 Å². The van der Waals surface area contributed by atoms with Gasteiger partial charge in [0.2, 0.25) is 6.39 Å². The molecule has 1 aromatic heterocycles. The summed E-state index contributed by atoms with van der Waals surface area (Å²) in [5.74, 6) is 5.62. The van der Waals surface area contributed by atoms with Crippen LogP contribution in [0.25, 0.3) is 0 Å². The predicted octanol–water partition coefficient (Wildman–Crippen LogP) is 0.876. The summed E-state index contributed by atoms with van der Waals surface area (Å²) in [4.78, 5) is 14.3. The first kappa shape index (κ1) is 11.8. The second kappa shape index (κ2) is 5.10. The van der Waals surface area contributed by atoms with Gasteiger partial charge in [0.25, 0.3) is 0 Å². The molecule has 0 unspecified atom stereocenters. The number of nitrogens with zero attached hydrogens (tertiary/aromatic N) is 3. The number of anilines is 2. The van der Waals surface area contributed by atoms with Gasteiger partial charge in [-0.2, -0.15) is 4.98 Å². The van der Waals surface area contributed by atoms with E-state index >= 15 is 0 Å². The summed E-state index contributed by atoms with van der Waals surface area (Å²) in [6, 6.07) is 4.72. The fraction of sp³-hybridized carbons (Fsp3) is 0.111. The van der Waals surface area contributed by atoms with Crippen LogP contribution in [0.5, 0.6) is 0 Å². The van der Waals surface area contributed by atoms with Crippen molar-refractivity contribution in [1.29, 1.82) is 0 Å². The van der Waals surface area contributed by atoms with Gasteiger partial charge in [0, 0.05) is 0 Å². The smallest absolute Gasteiger partial charge is 0.316 e. The maximum absolute atomic E-state index is 11.0. The quantitative estimate of drug-likeness (QED) is 0.404. The molecule has 0 fully saturated rings. The average molecular weight is 250 g/mol. The lowest BCUT2D eigenvalue weighted by atomic mass is 10.2. The third-order valence-corrected chi connectivity index (χ3v) is 2.22. The van der Waals surface area contributed by atoms with Crippen LogP contribution in [0.15, 0.2) is 29.1 Å². The van der Waals surface area contributed by atoms with Gasteiger partial charge < -0.3 is 15.3 Å². The molecule has 94 valence electrons. The van der Waals surface area contributed by atoms with Crippen molar-refractivity contribution in [3.05, 3.63) is 40.5 Å². The molecule has 0 aliphatic heterocycles. The molecule has 0 atom stereocenters. The van der Waals surface area contributed by atoms with Crippen LogP contribution in [0.2, 0.25) is 0 Å². The second-order valence-electron chi connectivity index (χ2n) is 3.30. The molecule has 18 heavy (non-hydrogen) atoms. The lowest BCUT2D eigenvalue weighted by Gasteiger charge is -2.08. The minimum absolute atomic E-state index is 0.136. The first-order chi connectivity index (χ1) is 8.72. The van der Waals surface area contributed by atoms with Gasteiger partial charge in [0.15, 0.2) is 5.82 Å². The van der Waals surface area contributed by atoms with E-state index in [2.05, 4.69) is 25.4 Å². The molecule has 9 heteroatoms. The topological polar surface area (TPSA) is 132 Å². The van der Waals surface area contributed by atoms with E-state index in [0.717, 1.165) is 0 Å². The van der Waals surface area contributed by atoms with Crippen LogP contribution in [0.4, 0.5) is 17.1 Å². The van der Waals surface area contributed by atoms with E-state index in [-0.39, 0.29) is 17.9 Å². The standard InChI is InChI=1S/C9H10N6O3/c10-13-7-3-1-2-6(9(7)15(16)17)11-4-8-12-5-18-14-8/h1-3,5,11,13H,4,10H2. The molecule has 0 amide bonds. The van der Waals surface area contributed by atoms with Crippen LogP contribution in [0.1, 0.15) is 5.82 Å². The van der Waals surface area contributed by atoms with Crippen molar-refractivity contribution in [3.8, 4) is 0 Å². The number of benzene rings is 1. The molecule has 0 saturated carbocycles. The lowest BCUT2D eigenvalue weighted by Crippen LogP contribution is -2.11. The number of nitro benzene ring substituents is 1. The number of hydrogen-bond donors (Lipinski definition) is 3. The maximum atomic E-state index is 11.0. The molecule has 4 N–H and O–H groups in total. The molecule has 2 rings (SSSR count). The Bertz CT molecular complexity index is 541. The fourth-order valence-electron chi connectivity index (χ4n) is 1.44. The van der Waals surface area contributed by atoms with E-state index < -0.39 is 4.92 Å². The van der Waals surface area contributed by atoms with Crippen molar-refractivity contribution in [3.63, 3.8) is 0 Å². The Morgan fingerprint density at radius 2 is 2.22 bits per heavy atom. The predicted molar refractivity (Wildman–Crippen MR) is 62.5 cm³/mol. The van der Waals surface area contributed by atoms with Gasteiger partial charge in [-0.15, -0.1) is 0 Å². The Kier molecular flexibility index (Phi) is 3.34. The number of nitrogens with two attached hydrogens (primary N) is 1. The van der Waals surface area contributed by atoms with Crippen molar-refractivity contribution < 1.29 is 9.45 Å². The third kappa shape index (κ3) is 2.35. The van der Waals surface area contributed by atoms with Gasteiger partial charge in [0.1, 0.15) is 11.4 Å². The Morgan fingerprint density at radius 1 is 1.44 bits per heavy atom. The lowest BCUT2D eigenvalue weighted by molar-refractivity contribution is -0.383. The number of hydrazine groups is 1. The number of para-hydroxylation sites is 1. The van der Waals surface area contributed by atoms with E-state index in [9.17, 15) is 10.1 Å². The largest absolute Gasteiger partial charge is 0.372 e. The van der Waals surface area contributed by atoms with E-state index in [4.69, 9.17) is 5.84 Å². The number of nitrogen functional groups attached to an aromatic ring is 1. The molecule has 0 spiro atoms. The fourth-order valence-corrected chi connectivity index (χ4v) is 1.44. The highest BCUT2D eigenvalue weighted by atomic mass is 16.6. The number of nitro groups is 1. The Morgan fingerprint density at radius 3 is 2.83 bits per heavy atom. The van der Waals surface area contributed by atoms with Crippen LogP contribution in [-0.2, 0) is 6.54 Å². The number of rotatable bonds is 5. The summed E-state index contributed by atoms with van der Waals surface area (Å²) in [7, 11) is 0. The van der Waals surface area contributed by atoms with Gasteiger partial charge in [-0.1, -0.05) is 11.2 Å². The van der Waals surface area contributed by atoms with E-state index in [1.165, 1.54) is 12.5 Å². The van der Waals surface area contributed by atoms with Crippen LogP contribution >= 0.6 is 0 Å². The van der Waals surface area contributed by atoms with E-state index in [0.29, 0.717) is 11.5 Å². The van der Waals surface area contributed by atoms with Gasteiger partial charge in [-0.05, 0) is 12.1 Å². The number of hydrogen-bond acceptors (Lipinski definition) is 8. The number of aromatic nitrogens is 2. The van der Waals surface area contributed by atoms with Crippen LogP contribution in [0, 0.1) is 10.1 Å². The molecule has 2 aromatic rings. The Labute approximate surface area is 101 Å².